The van der Waals surface area contributed by atoms with Crippen molar-refractivity contribution in [1.82, 2.24) is 0 Å². The molecule has 3 aromatic rings. The van der Waals surface area contributed by atoms with Gasteiger partial charge in [0.25, 0.3) is 15.9 Å². The van der Waals surface area contributed by atoms with Crippen LogP contribution in [0.1, 0.15) is 28.4 Å². The van der Waals surface area contributed by atoms with Crippen LogP contribution in [0.25, 0.3) is 0 Å². The Kier molecular flexibility index (Phi) is 6.14. The maximum absolute atomic E-state index is 12.9. The second-order valence-electron chi connectivity index (χ2n) is 7.83. The Morgan fingerprint density at radius 2 is 1.79 bits per heavy atom. The van der Waals surface area contributed by atoms with Gasteiger partial charge in [0.15, 0.2) is 0 Å². The second-order valence-corrected chi connectivity index (χ2v) is 9.92. The molecule has 0 aromatic heterocycles. The van der Waals surface area contributed by atoms with Crippen LogP contribution in [-0.2, 0) is 21.2 Å². The molecule has 170 valence electrons. The summed E-state index contributed by atoms with van der Waals surface area (Å²) < 4.78 is 28.2. The Labute approximate surface area is 197 Å². The van der Waals surface area contributed by atoms with Gasteiger partial charge in [0.2, 0.25) is 5.91 Å². The van der Waals surface area contributed by atoms with Gasteiger partial charge in [-0.05, 0) is 73.0 Å². The molecule has 3 aromatic carbocycles. The highest BCUT2D eigenvalue weighted by Gasteiger charge is 2.23. The fourth-order valence-electron chi connectivity index (χ4n) is 3.77. The Hall–Kier alpha value is -3.36. The first-order valence-electron chi connectivity index (χ1n) is 10.3. The van der Waals surface area contributed by atoms with Crippen molar-refractivity contribution in [3.05, 3.63) is 82.4 Å². The van der Waals surface area contributed by atoms with E-state index in [9.17, 15) is 18.0 Å². The summed E-state index contributed by atoms with van der Waals surface area (Å²) in [7, 11) is -3.92. The molecule has 0 saturated heterocycles. The Balaban J connectivity index is 1.57. The molecular weight excluding hydrogens is 462 g/mol. The van der Waals surface area contributed by atoms with E-state index >= 15 is 0 Å². The number of nitrogens with one attached hydrogen (secondary N) is 2. The summed E-state index contributed by atoms with van der Waals surface area (Å²) in [5.74, 6) is -0.566. The van der Waals surface area contributed by atoms with Crippen LogP contribution in [0.5, 0.6) is 0 Å². The minimum Gasteiger partial charge on any atom is -0.322 e. The van der Waals surface area contributed by atoms with Crippen molar-refractivity contribution >= 4 is 50.5 Å². The van der Waals surface area contributed by atoms with Crippen molar-refractivity contribution in [3.63, 3.8) is 0 Å². The van der Waals surface area contributed by atoms with Gasteiger partial charge in [-0.2, -0.15) is 0 Å². The zero-order chi connectivity index (χ0) is 23.8. The Morgan fingerprint density at radius 1 is 1.00 bits per heavy atom. The molecule has 0 spiro atoms. The van der Waals surface area contributed by atoms with Gasteiger partial charge in [-0.25, -0.2) is 8.42 Å². The number of carbonyl (C=O) groups excluding carboxylic acids is 2. The quantitative estimate of drug-likeness (QED) is 0.554. The van der Waals surface area contributed by atoms with E-state index in [1.807, 2.05) is 19.1 Å². The number of halogens is 1. The fourth-order valence-corrected chi connectivity index (χ4v) is 5.05. The van der Waals surface area contributed by atoms with E-state index in [0.29, 0.717) is 24.3 Å². The molecule has 0 atom stereocenters. The van der Waals surface area contributed by atoms with E-state index in [2.05, 4.69) is 10.0 Å². The van der Waals surface area contributed by atoms with Gasteiger partial charge in [0.05, 0.1) is 15.5 Å². The number of carbonyl (C=O) groups is 2. The van der Waals surface area contributed by atoms with Gasteiger partial charge in [-0.3, -0.25) is 14.3 Å². The van der Waals surface area contributed by atoms with Crippen molar-refractivity contribution < 1.29 is 18.0 Å². The lowest BCUT2D eigenvalue weighted by Gasteiger charge is -2.15. The summed E-state index contributed by atoms with van der Waals surface area (Å²) in [5, 5.41) is 2.90. The molecule has 0 unspecified atom stereocenters. The molecule has 2 N–H and O–H groups in total. The van der Waals surface area contributed by atoms with Crippen molar-refractivity contribution in [1.29, 1.82) is 0 Å². The summed E-state index contributed by atoms with van der Waals surface area (Å²) >= 11 is 6.22. The van der Waals surface area contributed by atoms with E-state index in [1.165, 1.54) is 25.1 Å². The van der Waals surface area contributed by atoms with Crippen LogP contribution < -0.4 is 14.9 Å². The van der Waals surface area contributed by atoms with E-state index in [0.717, 1.165) is 16.8 Å². The SMILES string of the molecule is CC(=O)N1CCc2cc(NC(=O)c3cc(S(=O)(=O)Nc4cccc(C)c4)ccc3Cl)ccc21. The van der Waals surface area contributed by atoms with E-state index < -0.39 is 15.9 Å². The predicted octanol–water partition coefficient (Wildman–Crippen LogP) is 4.61. The van der Waals surface area contributed by atoms with Crippen LogP contribution in [0.4, 0.5) is 17.1 Å². The standard InChI is InChI=1S/C24H22ClN3O4S/c1-15-4-3-5-19(12-15)27-33(31,32)20-7-8-22(25)21(14-20)24(30)26-18-6-9-23-17(13-18)10-11-28(23)16(2)29/h3-9,12-14,27H,10-11H2,1-2H3,(H,26,30). The van der Waals surface area contributed by atoms with Gasteiger partial charge in [0, 0.05) is 30.5 Å². The molecular formula is C24H22ClN3O4S. The second kappa shape index (κ2) is 8.88. The Bertz CT molecular complexity index is 1370. The summed E-state index contributed by atoms with van der Waals surface area (Å²) in [6.45, 7) is 3.97. The lowest BCUT2D eigenvalue weighted by Crippen LogP contribution is -2.25. The van der Waals surface area contributed by atoms with E-state index in [4.69, 9.17) is 11.6 Å². The zero-order valence-electron chi connectivity index (χ0n) is 18.1. The summed E-state index contributed by atoms with van der Waals surface area (Å²) in [4.78, 5) is 26.2. The van der Waals surface area contributed by atoms with Crippen molar-refractivity contribution in [2.24, 2.45) is 0 Å². The molecule has 0 saturated carbocycles. The minimum absolute atomic E-state index is 0.0328. The highest BCUT2D eigenvalue weighted by molar-refractivity contribution is 7.92. The average Bonchev–Trinajstić information content (AvgIpc) is 3.17. The first-order chi connectivity index (χ1) is 15.6. The lowest BCUT2D eigenvalue weighted by molar-refractivity contribution is -0.116. The van der Waals surface area contributed by atoms with Crippen LogP contribution in [0.15, 0.2) is 65.6 Å². The highest BCUT2D eigenvalue weighted by Crippen LogP contribution is 2.31. The van der Waals surface area contributed by atoms with Gasteiger partial charge in [-0.1, -0.05) is 23.7 Å². The summed E-state index contributed by atoms with van der Waals surface area (Å²) in [5.41, 5.74) is 3.68. The number of nitrogens with zero attached hydrogens (tertiary/aromatic N) is 1. The molecule has 0 bridgehead atoms. The van der Waals surface area contributed by atoms with Crippen molar-refractivity contribution in [2.75, 3.05) is 21.5 Å². The number of anilines is 3. The molecule has 9 heteroatoms. The minimum atomic E-state index is -3.92. The number of amides is 2. The lowest BCUT2D eigenvalue weighted by atomic mass is 10.1. The number of sulfonamides is 1. The smallest absolute Gasteiger partial charge is 0.261 e. The number of hydrogen-bond acceptors (Lipinski definition) is 4. The normalized spacial score (nSPS) is 12.9. The summed E-state index contributed by atoms with van der Waals surface area (Å²) in [6.07, 6.45) is 0.692. The van der Waals surface area contributed by atoms with Crippen LogP contribution in [0.3, 0.4) is 0 Å². The number of hydrogen-bond donors (Lipinski definition) is 2. The maximum atomic E-state index is 12.9. The molecule has 0 aliphatic carbocycles. The molecule has 33 heavy (non-hydrogen) atoms. The van der Waals surface area contributed by atoms with Gasteiger partial charge in [0.1, 0.15) is 0 Å². The molecule has 0 fully saturated rings. The first kappa shape index (κ1) is 22.8. The third-order valence-electron chi connectivity index (χ3n) is 5.38. The van der Waals surface area contributed by atoms with E-state index in [1.54, 1.807) is 35.2 Å². The molecule has 1 heterocycles. The molecule has 1 aliphatic heterocycles. The Morgan fingerprint density at radius 3 is 2.52 bits per heavy atom. The topological polar surface area (TPSA) is 95.6 Å². The zero-order valence-corrected chi connectivity index (χ0v) is 19.6. The molecule has 4 rings (SSSR count). The van der Waals surface area contributed by atoms with Gasteiger partial charge in [-0.15, -0.1) is 0 Å². The van der Waals surface area contributed by atoms with Crippen LogP contribution in [-0.4, -0.2) is 26.8 Å². The number of benzene rings is 3. The van der Waals surface area contributed by atoms with Crippen molar-refractivity contribution in [3.8, 4) is 0 Å². The molecule has 0 radical (unpaired) electrons. The average molecular weight is 484 g/mol. The van der Waals surface area contributed by atoms with Crippen LogP contribution in [0.2, 0.25) is 5.02 Å². The molecule has 2 amide bonds. The number of rotatable bonds is 5. The molecule has 7 nitrogen and oxygen atoms in total. The number of fused-ring (bicyclic) bond motifs is 1. The van der Waals surface area contributed by atoms with Gasteiger partial charge >= 0.3 is 0 Å². The third-order valence-corrected chi connectivity index (χ3v) is 7.08. The maximum Gasteiger partial charge on any atom is 0.261 e. The van der Waals surface area contributed by atoms with Crippen molar-refractivity contribution in [2.45, 2.75) is 25.2 Å². The first-order valence-corrected chi connectivity index (χ1v) is 12.1. The van der Waals surface area contributed by atoms with Gasteiger partial charge < -0.3 is 10.2 Å². The predicted molar refractivity (Wildman–Crippen MR) is 130 cm³/mol. The summed E-state index contributed by atoms with van der Waals surface area (Å²) in [6, 6.07) is 16.2. The molecule has 1 aliphatic rings. The highest BCUT2D eigenvalue weighted by atomic mass is 35.5. The third kappa shape index (κ3) is 4.86. The van der Waals surface area contributed by atoms with Crippen LogP contribution >= 0.6 is 11.6 Å². The van der Waals surface area contributed by atoms with Crippen LogP contribution in [0, 0.1) is 6.92 Å². The van der Waals surface area contributed by atoms with E-state index in [-0.39, 0.29) is 21.4 Å². The monoisotopic (exact) mass is 483 g/mol. The fraction of sp³-hybridized carbons (Fsp3) is 0.167. The number of aryl methyl sites for hydroxylation is 1. The largest absolute Gasteiger partial charge is 0.322 e.